The van der Waals surface area contributed by atoms with Crippen LogP contribution in [0.15, 0.2) is 24.3 Å². The molecule has 0 bridgehead atoms. The van der Waals surface area contributed by atoms with Gasteiger partial charge in [0.2, 0.25) is 5.91 Å². The number of nitrogens with zero attached hydrogens (tertiary/aromatic N) is 1. The molecule has 20 heavy (non-hydrogen) atoms. The van der Waals surface area contributed by atoms with Crippen LogP contribution < -0.4 is 16.4 Å². The van der Waals surface area contributed by atoms with Crippen molar-refractivity contribution in [3.8, 4) is 0 Å². The topological polar surface area (TPSA) is 87.5 Å². The molecular formula is C14H20N4O2. The molecule has 108 valence electrons. The molecule has 3 amide bonds. The Labute approximate surface area is 118 Å². The molecule has 0 spiro atoms. The van der Waals surface area contributed by atoms with Gasteiger partial charge in [-0.15, -0.1) is 0 Å². The number of primary amides is 1. The summed E-state index contributed by atoms with van der Waals surface area (Å²) < 4.78 is 0. The zero-order valence-electron chi connectivity index (χ0n) is 11.6. The zero-order chi connectivity index (χ0) is 14.5. The minimum Gasteiger partial charge on any atom is -0.382 e. The fourth-order valence-corrected chi connectivity index (χ4v) is 2.37. The fourth-order valence-electron chi connectivity index (χ4n) is 2.37. The van der Waals surface area contributed by atoms with Gasteiger partial charge < -0.3 is 21.3 Å². The van der Waals surface area contributed by atoms with Crippen molar-refractivity contribution in [2.75, 3.05) is 23.7 Å². The van der Waals surface area contributed by atoms with Crippen LogP contribution in [0.4, 0.5) is 16.2 Å². The number of carbonyl (C=O) groups is 2. The molecule has 4 N–H and O–H groups in total. The van der Waals surface area contributed by atoms with Gasteiger partial charge in [0.05, 0.1) is 0 Å². The van der Waals surface area contributed by atoms with Crippen molar-refractivity contribution in [3.05, 3.63) is 24.3 Å². The Hall–Kier alpha value is -2.24. The number of piperidine rings is 1. The van der Waals surface area contributed by atoms with Crippen molar-refractivity contribution >= 4 is 23.3 Å². The van der Waals surface area contributed by atoms with Gasteiger partial charge in [-0.2, -0.15) is 0 Å². The van der Waals surface area contributed by atoms with Crippen LogP contribution in [-0.2, 0) is 4.79 Å². The lowest BCUT2D eigenvalue weighted by atomic mass is 10.0. The Balaban J connectivity index is 1.91. The highest BCUT2D eigenvalue weighted by Gasteiger charge is 2.20. The molecule has 1 saturated heterocycles. The summed E-state index contributed by atoms with van der Waals surface area (Å²) in [6, 6.07) is 7.58. The van der Waals surface area contributed by atoms with Crippen molar-refractivity contribution in [2.45, 2.75) is 25.8 Å². The van der Waals surface area contributed by atoms with E-state index >= 15 is 0 Å². The van der Waals surface area contributed by atoms with E-state index in [2.05, 4.69) is 10.6 Å². The molecule has 1 aromatic carbocycles. The van der Waals surface area contributed by atoms with Crippen LogP contribution in [0.2, 0.25) is 0 Å². The molecule has 0 saturated carbocycles. The number of urea groups is 1. The molecule has 0 aromatic heterocycles. The van der Waals surface area contributed by atoms with Gasteiger partial charge in [0.15, 0.2) is 0 Å². The van der Waals surface area contributed by atoms with E-state index in [-0.39, 0.29) is 11.9 Å². The molecule has 1 heterocycles. The average molecular weight is 276 g/mol. The number of anilines is 2. The second-order valence-corrected chi connectivity index (χ2v) is 5.01. The van der Waals surface area contributed by atoms with Crippen LogP contribution >= 0.6 is 0 Å². The molecule has 2 rings (SSSR count). The van der Waals surface area contributed by atoms with Gasteiger partial charge >= 0.3 is 6.03 Å². The minimum atomic E-state index is -0.351. The third kappa shape index (κ3) is 3.88. The van der Waals surface area contributed by atoms with E-state index in [0.29, 0.717) is 19.1 Å². The van der Waals surface area contributed by atoms with Crippen molar-refractivity contribution in [2.24, 2.45) is 5.73 Å². The zero-order valence-corrected chi connectivity index (χ0v) is 11.6. The van der Waals surface area contributed by atoms with Crippen LogP contribution in [0, 0.1) is 0 Å². The van der Waals surface area contributed by atoms with Crippen LogP contribution in [0.5, 0.6) is 0 Å². The van der Waals surface area contributed by atoms with E-state index < -0.39 is 0 Å². The van der Waals surface area contributed by atoms with E-state index in [9.17, 15) is 9.59 Å². The Morgan fingerprint density at radius 2 is 1.90 bits per heavy atom. The number of nitrogens with two attached hydrogens (primary N) is 1. The van der Waals surface area contributed by atoms with Crippen molar-refractivity contribution in [1.82, 2.24) is 4.90 Å². The summed E-state index contributed by atoms with van der Waals surface area (Å²) in [5, 5.41) is 6.18. The van der Waals surface area contributed by atoms with Crippen LogP contribution in [0.25, 0.3) is 0 Å². The summed E-state index contributed by atoms with van der Waals surface area (Å²) in [7, 11) is 0. The van der Waals surface area contributed by atoms with Crippen LogP contribution in [-0.4, -0.2) is 36.0 Å². The first kappa shape index (κ1) is 14.2. The summed E-state index contributed by atoms with van der Waals surface area (Å²) in [4.78, 5) is 23.7. The number of hydrogen-bond acceptors (Lipinski definition) is 3. The van der Waals surface area contributed by atoms with Crippen molar-refractivity contribution < 1.29 is 9.59 Å². The molecule has 0 radical (unpaired) electrons. The number of rotatable bonds is 3. The van der Waals surface area contributed by atoms with Gasteiger partial charge in [0, 0.05) is 37.4 Å². The largest absolute Gasteiger partial charge is 0.382 e. The standard InChI is InChI=1S/C14H20N4O2/c1-10(19)16-12-3-2-4-13(9-12)17-11-5-7-18(8-6-11)14(15)20/h2-4,9,11,17H,5-8H2,1H3,(H2,15,20)(H,16,19). The number of amides is 3. The highest BCUT2D eigenvalue weighted by molar-refractivity contribution is 5.89. The molecule has 1 aromatic rings. The summed E-state index contributed by atoms with van der Waals surface area (Å²) in [5.74, 6) is -0.0862. The number of nitrogens with one attached hydrogen (secondary N) is 2. The van der Waals surface area contributed by atoms with E-state index in [1.807, 2.05) is 24.3 Å². The van der Waals surface area contributed by atoms with Gasteiger partial charge in [-0.3, -0.25) is 4.79 Å². The Morgan fingerprint density at radius 3 is 2.50 bits per heavy atom. The number of likely N-dealkylation sites (tertiary alicyclic amines) is 1. The maximum atomic E-state index is 11.1. The predicted molar refractivity (Wildman–Crippen MR) is 78.5 cm³/mol. The Morgan fingerprint density at radius 1 is 1.25 bits per heavy atom. The lowest BCUT2D eigenvalue weighted by molar-refractivity contribution is -0.114. The Kier molecular flexibility index (Phi) is 4.45. The normalized spacial score (nSPS) is 15.8. The lowest BCUT2D eigenvalue weighted by Gasteiger charge is -2.31. The Bertz CT molecular complexity index is 496. The van der Waals surface area contributed by atoms with Crippen LogP contribution in [0.1, 0.15) is 19.8 Å². The van der Waals surface area contributed by atoms with Crippen LogP contribution in [0.3, 0.4) is 0 Å². The number of carbonyl (C=O) groups excluding carboxylic acids is 2. The quantitative estimate of drug-likeness (QED) is 0.783. The summed E-state index contributed by atoms with van der Waals surface area (Å²) in [6.07, 6.45) is 1.74. The molecule has 1 aliphatic heterocycles. The molecule has 0 unspecified atom stereocenters. The summed E-state index contributed by atoms with van der Waals surface area (Å²) >= 11 is 0. The predicted octanol–water partition coefficient (Wildman–Crippen LogP) is 1.60. The lowest BCUT2D eigenvalue weighted by Crippen LogP contribution is -2.44. The van der Waals surface area contributed by atoms with Gasteiger partial charge in [0.1, 0.15) is 0 Å². The average Bonchev–Trinajstić information content (AvgIpc) is 2.39. The smallest absolute Gasteiger partial charge is 0.314 e. The maximum absolute atomic E-state index is 11.1. The molecule has 6 nitrogen and oxygen atoms in total. The third-order valence-corrected chi connectivity index (χ3v) is 3.36. The molecule has 0 aliphatic carbocycles. The SMILES string of the molecule is CC(=O)Nc1cccc(NC2CCN(C(N)=O)CC2)c1. The molecule has 1 fully saturated rings. The molecule has 6 heteroatoms. The first-order valence-electron chi connectivity index (χ1n) is 6.73. The van der Waals surface area contributed by atoms with E-state index in [0.717, 1.165) is 24.2 Å². The highest BCUT2D eigenvalue weighted by Crippen LogP contribution is 2.19. The van der Waals surface area contributed by atoms with E-state index in [1.165, 1.54) is 6.92 Å². The van der Waals surface area contributed by atoms with Gasteiger partial charge in [0.25, 0.3) is 0 Å². The van der Waals surface area contributed by atoms with Gasteiger partial charge in [-0.25, -0.2) is 4.79 Å². The second-order valence-electron chi connectivity index (χ2n) is 5.01. The third-order valence-electron chi connectivity index (χ3n) is 3.36. The summed E-state index contributed by atoms with van der Waals surface area (Å²) in [5.41, 5.74) is 7.00. The number of benzene rings is 1. The fraction of sp³-hybridized carbons (Fsp3) is 0.429. The monoisotopic (exact) mass is 276 g/mol. The molecule has 1 aliphatic rings. The van der Waals surface area contributed by atoms with Crippen molar-refractivity contribution in [3.63, 3.8) is 0 Å². The second kappa shape index (κ2) is 6.27. The number of hydrogen-bond donors (Lipinski definition) is 3. The van der Waals surface area contributed by atoms with Crippen molar-refractivity contribution in [1.29, 1.82) is 0 Å². The van der Waals surface area contributed by atoms with Gasteiger partial charge in [-0.05, 0) is 31.0 Å². The first-order chi connectivity index (χ1) is 9.54. The first-order valence-corrected chi connectivity index (χ1v) is 6.73. The minimum absolute atomic E-state index is 0.0862. The molecule has 0 atom stereocenters. The van der Waals surface area contributed by atoms with Gasteiger partial charge in [-0.1, -0.05) is 6.07 Å². The highest BCUT2D eigenvalue weighted by atomic mass is 16.2. The maximum Gasteiger partial charge on any atom is 0.314 e. The molecular weight excluding hydrogens is 256 g/mol. The summed E-state index contributed by atoms with van der Waals surface area (Å²) in [6.45, 7) is 2.84. The van der Waals surface area contributed by atoms with E-state index in [1.54, 1.807) is 4.90 Å². The van der Waals surface area contributed by atoms with E-state index in [4.69, 9.17) is 5.73 Å².